The van der Waals surface area contributed by atoms with Crippen molar-refractivity contribution in [1.29, 1.82) is 0 Å². The van der Waals surface area contributed by atoms with E-state index in [-0.39, 0.29) is 6.10 Å². The Morgan fingerprint density at radius 2 is 1.85 bits per heavy atom. The molecule has 4 rings (SSSR count). The molecule has 0 aliphatic heterocycles. The van der Waals surface area contributed by atoms with Gasteiger partial charge in [-0.05, 0) is 98.7 Å². The molecule has 4 aliphatic rings. The van der Waals surface area contributed by atoms with Crippen LogP contribution < -0.4 is 0 Å². The molecule has 0 aromatic carbocycles. The maximum atomic E-state index is 10.9. The molecule has 0 aromatic heterocycles. The van der Waals surface area contributed by atoms with Gasteiger partial charge in [-0.15, -0.1) is 6.58 Å². The first-order valence-electron chi connectivity index (χ1n) is 10.9. The Morgan fingerprint density at radius 3 is 2.58 bits per heavy atom. The second-order valence-electron chi connectivity index (χ2n) is 10.3. The third-order valence-corrected chi connectivity index (χ3v) is 9.24. The number of fused-ring (bicyclic) bond motifs is 5. The second-order valence-corrected chi connectivity index (χ2v) is 10.3. The number of rotatable bonds is 4. The van der Waals surface area contributed by atoms with Gasteiger partial charge in [0, 0.05) is 7.11 Å². The summed E-state index contributed by atoms with van der Waals surface area (Å²) in [5, 5.41) is 21.4. The van der Waals surface area contributed by atoms with E-state index in [0.717, 1.165) is 36.5 Å². The summed E-state index contributed by atoms with van der Waals surface area (Å²) in [6, 6.07) is 0. The Morgan fingerprint density at radius 1 is 1.08 bits per heavy atom. The largest absolute Gasteiger partial charge is 0.389 e. The van der Waals surface area contributed by atoms with Gasteiger partial charge in [0.25, 0.3) is 0 Å². The number of methoxy groups -OCH3 is 1. The van der Waals surface area contributed by atoms with Gasteiger partial charge in [-0.3, -0.25) is 0 Å². The molecular formula is C23H38O3. The zero-order valence-electron chi connectivity index (χ0n) is 16.7. The fraction of sp³-hybridized carbons (Fsp3) is 0.913. The monoisotopic (exact) mass is 362 g/mol. The Labute approximate surface area is 159 Å². The van der Waals surface area contributed by atoms with Crippen LogP contribution in [0.1, 0.15) is 64.7 Å². The molecule has 0 amide bonds. The van der Waals surface area contributed by atoms with Gasteiger partial charge < -0.3 is 14.9 Å². The van der Waals surface area contributed by atoms with Crippen molar-refractivity contribution in [3.05, 3.63) is 12.7 Å². The average Bonchev–Trinajstić information content (AvgIpc) is 2.98. The van der Waals surface area contributed by atoms with Crippen LogP contribution in [0.2, 0.25) is 0 Å². The number of aliphatic hydroxyl groups excluding tert-OH is 1. The first-order chi connectivity index (χ1) is 12.4. The Balaban J connectivity index is 1.50. The van der Waals surface area contributed by atoms with E-state index in [1.165, 1.54) is 44.9 Å². The summed E-state index contributed by atoms with van der Waals surface area (Å²) < 4.78 is 5.30. The lowest BCUT2D eigenvalue weighted by Gasteiger charge is -2.57. The quantitative estimate of drug-likeness (QED) is 0.738. The normalized spacial score (nSPS) is 51.8. The van der Waals surface area contributed by atoms with Gasteiger partial charge in [0.05, 0.1) is 18.3 Å². The maximum absolute atomic E-state index is 10.9. The van der Waals surface area contributed by atoms with Crippen LogP contribution in [-0.4, -0.2) is 35.6 Å². The van der Waals surface area contributed by atoms with E-state index < -0.39 is 5.60 Å². The zero-order valence-corrected chi connectivity index (χ0v) is 16.7. The number of hydrogen-bond acceptors (Lipinski definition) is 3. The molecular weight excluding hydrogens is 324 g/mol. The Kier molecular flexibility index (Phi) is 5.03. The van der Waals surface area contributed by atoms with Crippen LogP contribution in [0.3, 0.4) is 0 Å². The van der Waals surface area contributed by atoms with Crippen molar-refractivity contribution in [2.75, 3.05) is 13.7 Å². The van der Waals surface area contributed by atoms with E-state index in [0.29, 0.717) is 23.9 Å². The van der Waals surface area contributed by atoms with Crippen molar-refractivity contribution < 1.29 is 14.9 Å². The zero-order chi connectivity index (χ0) is 18.5. The van der Waals surface area contributed by atoms with E-state index in [1.54, 1.807) is 13.2 Å². The molecule has 148 valence electrons. The lowest BCUT2D eigenvalue weighted by atomic mass is 9.49. The molecule has 0 bridgehead atoms. The van der Waals surface area contributed by atoms with Crippen LogP contribution in [0.15, 0.2) is 12.7 Å². The highest BCUT2D eigenvalue weighted by Crippen LogP contribution is 2.65. The fourth-order valence-electron chi connectivity index (χ4n) is 8.13. The molecule has 4 fully saturated rings. The van der Waals surface area contributed by atoms with Crippen molar-refractivity contribution >= 4 is 0 Å². The third-order valence-electron chi connectivity index (χ3n) is 9.24. The van der Waals surface area contributed by atoms with Crippen LogP contribution in [0.25, 0.3) is 0 Å². The minimum absolute atomic E-state index is 0.299. The van der Waals surface area contributed by atoms with Crippen LogP contribution in [0.4, 0.5) is 0 Å². The topological polar surface area (TPSA) is 49.7 Å². The molecule has 2 N–H and O–H groups in total. The maximum Gasteiger partial charge on any atom is 0.0882 e. The second kappa shape index (κ2) is 6.90. The van der Waals surface area contributed by atoms with E-state index >= 15 is 0 Å². The van der Waals surface area contributed by atoms with Gasteiger partial charge in [-0.1, -0.05) is 13.0 Å². The van der Waals surface area contributed by atoms with Gasteiger partial charge in [-0.2, -0.15) is 0 Å². The summed E-state index contributed by atoms with van der Waals surface area (Å²) in [5.41, 5.74) is -0.286. The minimum atomic E-state index is -0.585. The molecule has 0 saturated heterocycles. The van der Waals surface area contributed by atoms with Gasteiger partial charge in [-0.25, -0.2) is 0 Å². The number of hydrogen-bond donors (Lipinski definition) is 2. The Bertz CT molecular complexity index is 534. The summed E-state index contributed by atoms with van der Waals surface area (Å²) >= 11 is 0. The van der Waals surface area contributed by atoms with Crippen molar-refractivity contribution in [1.82, 2.24) is 0 Å². The van der Waals surface area contributed by atoms with Crippen molar-refractivity contribution in [2.24, 2.45) is 40.9 Å². The molecule has 0 spiro atoms. The summed E-state index contributed by atoms with van der Waals surface area (Å²) in [6.07, 6.45) is 12.1. The van der Waals surface area contributed by atoms with E-state index in [1.807, 2.05) is 0 Å². The minimum Gasteiger partial charge on any atom is -0.389 e. The summed E-state index contributed by atoms with van der Waals surface area (Å²) in [4.78, 5) is 0. The highest BCUT2D eigenvalue weighted by Gasteiger charge is 2.58. The van der Waals surface area contributed by atoms with Crippen LogP contribution in [0, 0.1) is 40.9 Å². The molecule has 4 aliphatic carbocycles. The summed E-state index contributed by atoms with van der Waals surface area (Å²) in [7, 11) is 1.71. The molecule has 0 radical (unpaired) electrons. The van der Waals surface area contributed by atoms with Gasteiger partial charge >= 0.3 is 0 Å². The molecule has 26 heavy (non-hydrogen) atoms. The van der Waals surface area contributed by atoms with Crippen LogP contribution >= 0.6 is 0 Å². The van der Waals surface area contributed by atoms with E-state index in [9.17, 15) is 10.2 Å². The van der Waals surface area contributed by atoms with Gasteiger partial charge in [0.1, 0.15) is 0 Å². The standard InChI is InChI=1S/C23H38O3/c1-4-21(24)20-8-7-19-18-6-5-15-13-23(25,14-26-3)12-10-16(15)17(18)9-11-22(19,20)2/h4,15-21,24-25H,1,5-14H2,2-3H3/t15-,16-,17+,18+,19-,20+,21?,22-,23+/m0/s1. The smallest absolute Gasteiger partial charge is 0.0882 e. The lowest BCUT2D eigenvalue weighted by Crippen LogP contribution is -2.52. The van der Waals surface area contributed by atoms with E-state index in [2.05, 4.69) is 13.5 Å². The predicted molar refractivity (Wildman–Crippen MR) is 104 cm³/mol. The molecule has 0 aromatic rings. The highest BCUT2D eigenvalue weighted by atomic mass is 16.5. The van der Waals surface area contributed by atoms with Crippen LogP contribution in [-0.2, 0) is 4.74 Å². The lowest BCUT2D eigenvalue weighted by molar-refractivity contribution is -0.127. The third kappa shape index (κ3) is 2.89. The van der Waals surface area contributed by atoms with E-state index in [4.69, 9.17) is 4.74 Å². The Hall–Kier alpha value is -0.380. The van der Waals surface area contributed by atoms with Crippen molar-refractivity contribution in [2.45, 2.75) is 76.4 Å². The van der Waals surface area contributed by atoms with Gasteiger partial charge in [0.2, 0.25) is 0 Å². The van der Waals surface area contributed by atoms with Crippen LogP contribution in [0.5, 0.6) is 0 Å². The summed E-state index contributed by atoms with van der Waals surface area (Å²) in [6.45, 7) is 6.81. The molecule has 9 atom stereocenters. The summed E-state index contributed by atoms with van der Waals surface area (Å²) in [5.74, 6) is 4.36. The molecule has 3 nitrogen and oxygen atoms in total. The molecule has 1 unspecified atom stereocenters. The number of ether oxygens (including phenoxy) is 1. The molecule has 3 heteroatoms. The number of aliphatic hydroxyl groups is 2. The van der Waals surface area contributed by atoms with Crippen molar-refractivity contribution in [3.8, 4) is 0 Å². The fourth-order valence-corrected chi connectivity index (χ4v) is 8.13. The SMILES string of the molecule is C=CC(O)[C@H]1CC[C@H]2[C@@H]3CC[C@H]4C[C@@](O)(COC)CC[C@@H]4[C@H]3CC[C@]12C. The van der Waals surface area contributed by atoms with Gasteiger partial charge in [0.15, 0.2) is 0 Å². The first-order valence-corrected chi connectivity index (χ1v) is 10.9. The molecule has 0 heterocycles. The molecule has 4 saturated carbocycles. The first kappa shape index (κ1) is 19.0. The van der Waals surface area contributed by atoms with Crippen molar-refractivity contribution in [3.63, 3.8) is 0 Å². The predicted octanol–water partition coefficient (Wildman–Crippen LogP) is 4.18. The highest BCUT2D eigenvalue weighted by molar-refractivity contribution is 5.09. The average molecular weight is 363 g/mol.